The van der Waals surface area contributed by atoms with Crippen molar-refractivity contribution in [3.8, 4) is 0 Å². The van der Waals surface area contributed by atoms with E-state index in [1.54, 1.807) is 11.9 Å². The van der Waals surface area contributed by atoms with Gasteiger partial charge in [0.1, 0.15) is 0 Å². The first-order valence-electron chi connectivity index (χ1n) is 9.37. The molecule has 154 valence electrons. The lowest BCUT2D eigenvalue weighted by atomic mass is 10.1. The molecular weight excluding hydrogens is 459 g/mol. The van der Waals surface area contributed by atoms with Gasteiger partial charge in [-0.3, -0.25) is 9.67 Å². The zero-order valence-electron chi connectivity index (χ0n) is 17.0. The van der Waals surface area contributed by atoms with Crippen molar-refractivity contribution in [1.29, 1.82) is 0 Å². The molecule has 2 rings (SSSR count). The van der Waals surface area contributed by atoms with Crippen LogP contribution in [0.25, 0.3) is 0 Å². The zero-order chi connectivity index (χ0) is 19.1. The van der Waals surface area contributed by atoms with Crippen LogP contribution < -0.4 is 10.6 Å². The molecule has 2 heterocycles. The van der Waals surface area contributed by atoms with E-state index in [-0.39, 0.29) is 30.1 Å². The summed E-state index contributed by atoms with van der Waals surface area (Å²) >= 11 is 0. The number of aryl methyl sites for hydroxylation is 2. The fraction of sp³-hybridized carbons (Fsp3) is 0.722. The molecule has 1 saturated heterocycles. The first-order valence-corrected chi connectivity index (χ1v) is 9.37. The third-order valence-electron chi connectivity index (χ3n) is 4.95. The molecule has 9 heteroatoms. The predicted molar refractivity (Wildman–Crippen MR) is 118 cm³/mol. The van der Waals surface area contributed by atoms with Crippen LogP contribution in [0.2, 0.25) is 0 Å². The van der Waals surface area contributed by atoms with Crippen LogP contribution in [0, 0.1) is 0 Å². The van der Waals surface area contributed by atoms with E-state index in [2.05, 4.69) is 34.6 Å². The Kier molecular flexibility index (Phi) is 9.89. The van der Waals surface area contributed by atoms with Crippen molar-refractivity contribution in [2.75, 3.05) is 27.2 Å². The van der Waals surface area contributed by atoms with E-state index in [1.165, 1.54) is 18.4 Å². The second-order valence-corrected chi connectivity index (χ2v) is 6.50. The molecule has 0 aliphatic carbocycles. The molecule has 1 aliphatic rings. The van der Waals surface area contributed by atoms with Crippen LogP contribution in [0.5, 0.6) is 0 Å². The molecule has 0 radical (unpaired) electrons. The highest BCUT2D eigenvalue weighted by Gasteiger charge is 2.24. The Labute approximate surface area is 179 Å². The van der Waals surface area contributed by atoms with Crippen LogP contribution in [-0.4, -0.2) is 60.0 Å². The predicted octanol–water partition coefficient (Wildman–Crippen LogP) is 2.06. The summed E-state index contributed by atoms with van der Waals surface area (Å²) in [5.41, 5.74) is 3.66. The van der Waals surface area contributed by atoms with Crippen molar-refractivity contribution < 1.29 is 9.53 Å². The van der Waals surface area contributed by atoms with Crippen LogP contribution in [0.15, 0.2) is 4.99 Å². The number of carbonyl (C=O) groups excluding carboxylic acids is 1. The van der Waals surface area contributed by atoms with Gasteiger partial charge in [0.25, 0.3) is 0 Å². The van der Waals surface area contributed by atoms with E-state index < -0.39 is 0 Å². The Morgan fingerprint density at radius 2 is 1.96 bits per heavy atom. The molecule has 0 unspecified atom stereocenters. The lowest BCUT2D eigenvalue weighted by molar-refractivity contribution is 0.111. The van der Waals surface area contributed by atoms with Crippen molar-refractivity contribution in [2.24, 2.45) is 12.0 Å². The van der Waals surface area contributed by atoms with Gasteiger partial charge in [-0.05, 0) is 25.7 Å². The average molecular weight is 492 g/mol. The number of aromatic nitrogens is 2. The molecule has 0 spiro atoms. The number of hydrogen-bond acceptors (Lipinski definition) is 4. The van der Waals surface area contributed by atoms with Crippen LogP contribution in [-0.2, 0) is 31.2 Å². The van der Waals surface area contributed by atoms with E-state index in [4.69, 9.17) is 4.74 Å². The highest BCUT2D eigenvalue weighted by Crippen LogP contribution is 2.15. The molecule has 0 atom stereocenters. The van der Waals surface area contributed by atoms with Gasteiger partial charge in [0, 0.05) is 51.0 Å². The minimum atomic E-state index is -0.248. The monoisotopic (exact) mass is 492 g/mol. The van der Waals surface area contributed by atoms with E-state index >= 15 is 0 Å². The maximum atomic E-state index is 11.6. The number of guanidine groups is 1. The quantitative estimate of drug-likeness (QED) is 0.374. The van der Waals surface area contributed by atoms with Crippen molar-refractivity contribution in [2.45, 2.75) is 52.1 Å². The van der Waals surface area contributed by atoms with Gasteiger partial charge in [-0.2, -0.15) is 5.10 Å². The summed E-state index contributed by atoms with van der Waals surface area (Å²) in [5, 5.41) is 11.5. The fourth-order valence-electron chi connectivity index (χ4n) is 3.49. The Hall–Kier alpha value is -1.52. The van der Waals surface area contributed by atoms with Crippen molar-refractivity contribution >= 4 is 36.0 Å². The van der Waals surface area contributed by atoms with Gasteiger partial charge in [0.05, 0.1) is 12.8 Å². The number of nitrogens with one attached hydrogen (secondary N) is 2. The van der Waals surface area contributed by atoms with Gasteiger partial charge in [-0.1, -0.05) is 13.8 Å². The summed E-state index contributed by atoms with van der Waals surface area (Å²) in [7, 11) is 5.21. The highest BCUT2D eigenvalue weighted by atomic mass is 127. The fourth-order valence-corrected chi connectivity index (χ4v) is 3.49. The molecule has 1 aromatic rings. The first kappa shape index (κ1) is 23.5. The summed E-state index contributed by atoms with van der Waals surface area (Å²) in [5.74, 6) is 0.787. The number of nitrogens with zero attached hydrogens (tertiary/aromatic N) is 4. The van der Waals surface area contributed by atoms with Gasteiger partial charge in [0.2, 0.25) is 0 Å². The molecule has 1 aliphatic heterocycles. The van der Waals surface area contributed by atoms with E-state index in [9.17, 15) is 4.79 Å². The maximum absolute atomic E-state index is 11.6. The van der Waals surface area contributed by atoms with E-state index in [0.29, 0.717) is 25.7 Å². The number of likely N-dealkylation sites (tertiary alicyclic amines) is 1. The first-order chi connectivity index (χ1) is 12.5. The SMILES string of the molecule is CCc1nn(C)c(CC)c1CNC(=NC)NC1CCN(C(=O)OC)CC1.I. The van der Waals surface area contributed by atoms with Crippen LogP contribution in [0.3, 0.4) is 0 Å². The Morgan fingerprint density at radius 1 is 1.30 bits per heavy atom. The van der Waals surface area contributed by atoms with Gasteiger partial charge < -0.3 is 20.3 Å². The number of rotatable bonds is 5. The summed E-state index contributed by atoms with van der Waals surface area (Å²) in [4.78, 5) is 17.7. The van der Waals surface area contributed by atoms with Crippen LogP contribution in [0.4, 0.5) is 4.79 Å². The number of carbonyl (C=O) groups is 1. The third-order valence-corrected chi connectivity index (χ3v) is 4.95. The molecular formula is C18H33IN6O2. The molecule has 1 aromatic heterocycles. The minimum Gasteiger partial charge on any atom is -0.453 e. The molecule has 2 N–H and O–H groups in total. The highest BCUT2D eigenvalue weighted by molar-refractivity contribution is 14.0. The number of aliphatic imine (C=N–C) groups is 1. The number of hydrogen-bond donors (Lipinski definition) is 2. The standard InChI is InChI=1S/C18H32N6O2.HI/c1-6-15-14(16(7-2)23(4)22-15)12-20-17(19-3)21-13-8-10-24(11-9-13)18(25)26-5;/h13H,6-12H2,1-5H3,(H2,19,20,21);1H. The normalized spacial score (nSPS) is 15.3. The van der Waals surface area contributed by atoms with Gasteiger partial charge >= 0.3 is 6.09 Å². The maximum Gasteiger partial charge on any atom is 0.409 e. The molecule has 0 bridgehead atoms. The Balaban J connectivity index is 0.00000364. The van der Waals surface area contributed by atoms with E-state index in [0.717, 1.165) is 37.3 Å². The number of piperidine rings is 1. The second-order valence-electron chi connectivity index (χ2n) is 6.50. The summed E-state index contributed by atoms with van der Waals surface area (Å²) < 4.78 is 6.76. The summed E-state index contributed by atoms with van der Waals surface area (Å²) in [6, 6.07) is 0.298. The molecule has 1 amide bonds. The van der Waals surface area contributed by atoms with Crippen molar-refractivity contribution in [1.82, 2.24) is 25.3 Å². The molecule has 0 aromatic carbocycles. The van der Waals surface area contributed by atoms with Gasteiger partial charge in [-0.15, -0.1) is 24.0 Å². The second kappa shape index (κ2) is 11.4. The number of ether oxygens (including phenoxy) is 1. The lowest BCUT2D eigenvalue weighted by Gasteiger charge is -2.32. The van der Waals surface area contributed by atoms with Crippen LogP contribution >= 0.6 is 24.0 Å². The Bertz CT molecular complexity index is 638. The number of halogens is 1. The molecule has 0 saturated carbocycles. The zero-order valence-corrected chi connectivity index (χ0v) is 19.4. The minimum absolute atomic E-state index is 0. The van der Waals surface area contributed by atoms with Crippen LogP contribution in [0.1, 0.15) is 43.6 Å². The molecule has 8 nitrogen and oxygen atoms in total. The smallest absolute Gasteiger partial charge is 0.409 e. The Morgan fingerprint density at radius 3 is 2.48 bits per heavy atom. The topological polar surface area (TPSA) is 83.8 Å². The average Bonchev–Trinajstić information content (AvgIpc) is 2.99. The van der Waals surface area contributed by atoms with Gasteiger partial charge in [0.15, 0.2) is 5.96 Å². The molecule has 27 heavy (non-hydrogen) atoms. The number of methoxy groups -OCH3 is 1. The van der Waals surface area contributed by atoms with Crippen molar-refractivity contribution in [3.05, 3.63) is 17.0 Å². The summed E-state index contributed by atoms with van der Waals surface area (Å²) in [6.45, 7) is 6.39. The van der Waals surface area contributed by atoms with Gasteiger partial charge in [-0.25, -0.2) is 4.79 Å². The largest absolute Gasteiger partial charge is 0.453 e. The lowest BCUT2D eigenvalue weighted by Crippen LogP contribution is -2.49. The summed E-state index contributed by atoms with van der Waals surface area (Å²) in [6.07, 6.45) is 3.38. The van der Waals surface area contributed by atoms with Crippen molar-refractivity contribution in [3.63, 3.8) is 0 Å². The van der Waals surface area contributed by atoms with E-state index in [1.807, 2.05) is 11.7 Å². The number of amides is 1. The third kappa shape index (κ3) is 5.98. The molecule has 1 fully saturated rings.